The van der Waals surface area contributed by atoms with Crippen molar-refractivity contribution in [2.75, 3.05) is 23.3 Å². The van der Waals surface area contributed by atoms with E-state index < -0.39 is 11.7 Å². The fourth-order valence-corrected chi connectivity index (χ4v) is 2.23. The molecule has 0 radical (unpaired) electrons. The topological polar surface area (TPSA) is 58.1 Å². The molecule has 23 heavy (non-hydrogen) atoms. The number of halogens is 1. The van der Waals surface area contributed by atoms with Crippen molar-refractivity contribution in [3.8, 4) is 0 Å². The Bertz CT molecular complexity index is 657. The first kappa shape index (κ1) is 16.9. The van der Waals surface area contributed by atoms with Crippen LogP contribution in [0.5, 0.6) is 0 Å². The Morgan fingerprint density at radius 3 is 2.52 bits per heavy atom. The fourth-order valence-electron chi connectivity index (χ4n) is 2.23. The normalized spacial score (nSPS) is 10.4. The van der Waals surface area contributed by atoms with Crippen molar-refractivity contribution in [1.29, 1.82) is 0 Å². The summed E-state index contributed by atoms with van der Waals surface area (Å²) in [5.41, 5.74) is 0.354. The number of rotatable bonds is 7. The number of aromatic nitrogens is 2. The summed E-state index contributed by atoms with van der Waals surface area (Å²) in [5, 5.41) is 2.53. The van der Waals surface area contributed by atoms with Crippen LogP contribution in [0.3, 0.4) is 0 Å². The summed E-state index contributed by atoms with van der Waals surface area (Å²) in [5.74, 6) is -0.407. The van der Waals surface area contributed by atoms with Gasteiger partial charge in [0.1, 0.15) is 11.5 Å². The minimum absolute atomic E-state index is 0.136. The second-order valence-corrected chi connectivity index (χ2v) is 5.16. The molecule has 0 fully saturated rings. The molecule has 0 saturated heterocycles. The lowest BCUT2D eigenvalue weighted by atomic mass is 10.3. The van der Waals surface area contributed by atoms with E-state index in [0.29, 0.717) is 5.95 Å². The molecule has 1 N–H and O–H groups in total. The van der Waals surface area contributed by atoms with Gasteiger partial charge < -0.3 is 10.2 Å². The summed E-state index contributed by atoms with van der Waals surface area (Å²) in [6.07, 6.45) is 3.49. The van der Waals surface area contributed by atoms with Crippen molar-refractivity contribution >= 4 is 17.5 Å². The van der Waals surface area contributed by atoms with Crippen LogP contribution in [-0.2, 0) is 0 Å². The Morgan fingerprint density at radius 2 is 1.87 bits per heavy atom. The van der Waals surface area contributed by atoms with Gasteiger partial charge in [0.25, 0.3) is 5.91 Å². The number of nitrogens with zero attached hydrogens (tertiary/aromatic N) is 3. The van der Waals surface area contributed by atoms with Gasteiger partial charge in [-0.05, 0) is 31.0 Å². The van der Waals surface area contributed by atoms with E-state index in [4.69, 9.17) is 0 Å². The van der Waals surface area contributed by atoms with Crippen LogP contribution in [0.1, 0.15) is 37.2 Å². The van der Waals surface area contributed by atoms with E-state index in [-0.39, 0.29) is 11.4 Å². The van der Waals surface area contributed by atoms with Gasteiger partial charge >= 0.3 is 0 Å². The Kier molecular flexibility index (Phi) is 6.02. The van der Waals surface area contributed by atoms with E-state index in [1.165, 1.54) is 18.2 Å². The standard InChI is InChI=1S/C17H21FN4O/c1-3-11-22(12-4-2)17-19-10-9-15(21-17)16(23)20-14-8-6-5-7-13(14)18/h5-10H,3-4,11-12H2,1-2H3,(H,20,23). The third kappa shape index (κ3) is 4.48. The number of anilines is 2. The molecule has 2 rings (SSSR count). The molecule has 0 aliphatic rings. The van der Waals surface area contributed by atoms with E-state index >= 15 is 0 Å². The summed E-state index contributed by atoms with van der Waals surface area (Å²) in [6.45, 7) is 5.81. The predicted molar refractivity (Wildman–Crippen MR) is 89.2 cm³/mol. The number of nitrogens with one attached hydrogen (secondary N) is 1. The van der Waals surface area contributed by atoms with Crippen LogP contribution in [-0.4, -0.2) is 29.0 Å². The van der Waals surface area contributed by atoms with Gasteiger partial charge in [0, 0.05) is 19.3 Å². The summed E-state index contributed by atoms with van der Waals surface area (Å²) in [7, 11) is 0. The molecule has 0 spiro atoms. The van der Waals surface area contributed by atoms with Gasteiger partial charge in [0.05, 0.1) is 5.69 Å². The molecule has 0 saturated carbocycles. The SMILES string of the molecule is CCCN(CCC)c1nccc(C(=O)Nc2ccccc2F)n1. The van der Waals surface area contributed by atoms with Crippen LogP contribution >= 0.6 is 0 Å². The minimum atomic E-state index is -0.478. The highest BCUT2D eigenvalue weighted by Gasteiger charge is 2.14. The van der Waals surface area contributed by atoms with Crippen LogP contribution in [0.15, 0.2) is 36.5 Å². The molecule has 0 aliphatic carbocycles. The van der Waals surface area contributed by atoms with E-state index in [1.54, 1.807) is 18.3 Å². The van der Waals surface area contributed by atoms with E-state index in [1.807, 2.05) is 4.90 Å². The number of hydrogen-bond acceptors (Lipinski definition) is 4. The van der Waals surface area contributed by atoms with Crippen molar-refractivity contribution in [2.24, 2.45) is 0 Å². The Labute approximate surface area is 135 Å². The first-order chi connectivity index (χ1) is 11.2. The van der Waals surface area contributed by atoms with E-state index in [0.717, 1.165) is 25.9 Å². The fraction of sp³-hybridized carbons (Fsp3) is 0.353. The van der Waals surface area contributed by atoms with Crippen LogP contribution in [0.25, 0.3) is 0 Å². The zero-order valence-electron chi connectivity index (χ0n) is 13.4. The van der Waals surface area contributed by atoms with Crippen LogP contribution in [0.2, 0.25) is 0 Å². The molecular weight excluding hydrogens is 295 g/mol. The van der Waals surface area contributed by atoms with Crippen LogP contribution in [0.4, 0.5) is 16.0 Å². The van der Waals surface area contributed by atoms with Crippen molar-refractivity contribution in [2.45, 2.75) is 26.7 Å². The molecule has 122 valence electrons. The average molecular weight is 316 g/mol. The van der Waals surface area contributed by atoms with Gasteiger partial charge in [0.2, 0.25) is 5.95 Å². The second kappa shape index (κ2) is 8.22. The third-order valence-electron chi connectivity index (χ3n) is 3.27. The summed E-state index contributed by atoms with van der Waals surface area (Å²) < 4.78 is 13.6. The molecule has 0 bridgehead atoms. The summed E-state index contributed by atoms with van der Waals surface area (Å²) >= 11 is 0. The number of carbonyl (C=O) groups excluding carboxylic acids is 1. The van der Waals surface area contributed by atoms with Crippen LogP contribution in [0, 0.1) is 5.82 Å². The highest BCUT2D eigenvalue weighted by Crippen LogP contribution is 2.14. The van der Waals surface area contributed by atoms with Crippen molar-refractivity contribution in [1.82, 2.24) is 9.97 Å². The van der Waals surface area contributed by atoms with Gasteiger partial charge in [-0.3, -0.25) is 4.79 Å². The van der Waals surface area contributed by atoms with Gasteiger partial charge in [-0.1, -0.05) is 26.0 Å². The van der Waals surface area contributed by atoms with Crippen LogP contribution < -0.4 is 10.2 Å². The molecule has 1 aromatic heterocycles. The van der Waals surface area contributed by atoms with E-state index in [9.17, 15) is 9.18 Å². The minimum Gasteiger partial charge on any atom is -0.341 e. The molecule has 2 aromatic rings. The van der Waals surface area contributed by atoms with E-state index in [2.05, 4.69) is 29.1 Å². The lowest BCUT2D eigenvalue weighted by Gasteiger charge is -2.21. The average Bonchev–Trinajstić information content (AvgIpc) is 2.57. The first-order valence-electron chi connectivity index (χ1n) is 7.79. The zero-order chi connectivity index (χ0) is 16.7. The quantitative estimate of drug-likeness (QED) is 0.849. The molecule has 0 aliphatic heterocycles. The van der Waals surface area contributed by atoms with Crippen molar-refractivity contribution in [3.63, 3.8) is 0 Å². The molecule has 1 aromatic carbocycles. The molecule has 1 amide bonds. The van der Waals surface area contributed by atoms with Crippen molar-refractivity contribution < 1.29 is 9.18 Å². The smallest absolute Gasteiger partial charge is 0.274 e. The number of carbonyl (C=O) groups is 1. The maximum atomic E-state index is 13.6. The Morgan fingerprint density at radius 1 is 1.17 bits per heavy atom. The molecule has 5 nitrogen and oxygen atoms in total. The van der Waals surface area contributed by atoms with Gasteiger partial charge in [-0.25, -0.2) is 14.4 Å². The largest absolute Gasteiger partial charge is 0.341 e. The zero-order valence-corrected chi connectivity index (χ0v) is 13.4. The highest BCUT2D eigenvalue weighted by molar-refractivity contribution is 6.03. The Hall–Kier alpha value is -2.50. The monoisotopic (exact) mass is 316 g/mol. The predicted octanol–water partition coefficient (Wildman–Crippen LogP) is 3.49. The summed E-state index contributed by atoms with van der Waals surface area (Å²) in [6, 6.07) is 7.56. The molecule has 1 heterocycles. The summed E-state index contributed by atoms with van der Waals surface area (Å²) in [4.78, 5) is 22.9. The number of hydrogen-bond donors (Lipinski definition) is 1. The van der Waals surface area contributed by atoms with Gasteiger partial charge in [-0.2, -0.15) is 0 Å². The number of amides is 1. The van der Waals surface area contributed by atoms with Gasteiger partial charge in [-0.15, -0.1) is 0 Å². The Balaban J connectivity index is 2.18. The maximum Gasteiger partial charge on any atom is 0.274 e. The second-order valence-electron chi connectivity index (χ2n) is 5.16. The first-order valence-corrected chi connectivity index (χ1v) is 7.79. The van der Waals surface area contributed by atoms with Gasteiger partial charge in [0.15, 0.2) is 0 Å². The maximum absolute atomic E-state index is 13.6. The highest BCUT2D eigenvalue weighted by atomic mass is 19.1. The lowest BCUT2D eigenvalue weighted by molar-refractivity contribution is 0.102. The molecular formula is C17H21FN4O. The molecule has 0 atom stereocenters. The molecule has 6 heteroatoms. The van der Waals surface area contributed by atoms with Crippen molar-refractivity contribution in [3.05, 3.63) is 48.0 Å². The third-order valence-corrected chi connectivity index (χ3v) is 3.27. The lowest BCUT2D eigenvalue weighted by Crippen LogP contribution is -2.28. The number of benzene rings is 1. The molecule has 0 unspecified atom stereocenters. The number of para-hydroxylation sites is 1.